The van der Waals surface area contributed by atoms with Crippen molar-refractivity contribution in [2.75, 3.05) is 21.3 Å². The minimum atomic E-state index is 0.0333. The van der Waals surface area contributed by atoms with Crippen LogP contribution in [0, 0.1) is 5.92 Å². The normalized spacial score (nSPS) is 22.0. The first-order chi connectivity index (χ1) is 9.22. The summed E-state index contributed by atoms with van der Waals surface area (Å²) in [5, 5.41) is 0. The van der Waals surface area contributed by atoms with E-state index in [1.807, 2.05) is 18.2 Å². The number of para-hydroxylation sites is 1. The molecule has 0 heterocycles. The molecule has 1 aliphatic rings. The molecule has 0 N–H and O–H groups in total. The van der Waals surface area contributed by atoms with Crippen molar-refractivity contribution >= 4 is 5.57 Å². The van der Waals surface area contributed by atoms with Crippen LogP contribution in [0.3, 0.4) is 0 Å². The third-order valence-electron chi connectivity index (χ3n) is 3.44. The predicted octanol–water partition coefficient (Wildman–Crippen LogP) is 3.31. The lowest BCUT2D eigenvalue weighted by Crippen LogP contribution is -2.23. The van der Waals surface area contributed by atoms with Gasteiger partial charge >= 0.3 is 0 Å². The van der Waals surface area contributed by atoms with E-state index in [9.17, 15) is 0 Å². The lowest BCUT2D eigenvalue weighted by molar-refractivity contribution is 0.119. The standard InChI is InChI=1S/C16H20O3/c1-11-7-5-8-12(15(11)18-3)13-9-6-10-14(17-2)16(13)19-4/h5-11,15H,1-4H3. The van der Waals surface area contributed by atoms with Gasteiger partial charge in [0.05, 0.1) is 20.3 Å². The average molecular weight is 260 g/mol. The number of hydrogen-bond donors (Lipinski definition) is 0. The third-order valence-corrected chi connectivity index (χ3v) is 3.44. The van der Waals surface area contributed by atoms with E-state index in [1.54, 1.807) is 21.3 Å². The van der Waals surface area contributed by atoms with Crippen molar-refractivity contribution < 1.29 is 14.2 Å². The van der Waals surface area contributed by atoms with Gasteiger partial charge in [-0.3, -0.25) is 0 Å². The molecule has 102 valence electrons. The molecule has 1 aliphatic carbocycles. The molecule has 0 aromatic heterocycles. The second-order valence-corrected chi connectivity index (χ2v) is 4.56. The fourth-order valence-corrected chi connectivity index (χ4v) is 2.51. The fraction of sp³-hybridized carbons (Fsp3) is 0.375. The Kier molecular flexibility index (Phi) is 4.27. The van der Waals surface area contributed by atoms with Crippen LogP contribution in [0.15, 0.2) is 36.4 Å². The van der Waals surface area contributed by atoms with Gasteiger partial charge in [-0.15, -0.1) is 0 Å². The second kappa shape index (κ2) is 5.93. The zero-order chi connectivity index (χ0) is 13.8. The molecule has 0 saturated carbocycles. The molecule has 0 aliphatic heterocycles. The molecule has 3 nitrogen and oxygen atoms in total. The highest BCUT2D eigenvalue weighted by Crippen LogP contribution is 2.39. The number of hydrogen-bond acceptors (Lipinski definition) is 3. The largest absolute Gasteiger partial charge is 0.493 e. The summed E-state index contributed by atoms with van der Waals surface area (Å²) in [6.45, 7) is 2.14. The summed E-state index contributed by atoms with van der Waals surface area (Å²) in [4.78, 5) is 0. The van der Waals surface area contributed by atoms with Gasteiger partial charge in [-0.1, -0.05) is 37.3 Å². The van der Waals surface area contributed by atoms with Crippen molar-refractivity contribution in [1.82, 2.24) is 0 Å². The van der Waals surface area contributed by atoms with Crippen molar-refractivity contribution in [3.63, 3.8) is 0 Å². The van der Waals surface area contributed by atoms with Crippen LogP contribution in [0.2, 0.25) is 0 Å². The minimum absolute atomic E-state index is 0.0333. The molecule has 0 saturated heterocycles. The number of rotatable bonds is 4. The summed E-state index contributed by atoms with van der Waals surface area (Å²) in [6.07, 6.45) is 6.32. The summed E-state index contributed by atoms with van der Waals surface area (Å²) in [7, 11) is 5.04. The first-order valence-electron chi connectivity index (χ1n) is 6.35. The molecule has 3 heteroatoms. The van der Waals surface area contributed by atoms with Crippen LogP contribution >= 0.6 is 0 Å². The molecule has 1 aromatic rings. The van der Waals surface area contributed by atoms with Crippen molar-refractivity contribution in [1.29, 1.82) is 0 Å². The van der Waals surface area contributed by atoms with Crippen molar-refractivity contribution in [3.05, 3.63) is 42.0 Å². The van der Waals surface area contributed by atoms with Gasteiger partial charge in [0.25, 0.3) is 0 Å². The van der Waals surface area contributed by atoms with Crippen LogP contribution in [0.5, 0.6) is 11.5 Å². The first kappa shape index (κ1) is 13.7. The summed E-state index contributed by atoms with van der Waals surface area (Å²) in [5.41, 5.74) is 2.14. The Bertz CT molecular complexity index is 503. The van der Waals surface area contributed by atoms with Crippen LogP contribution in [0.1, 0.15) is 12.5 Å². The Morgan fingerprint density at radius 1 is 1.05 bits per heavy atom. The molecule has 2 unspecified atom stereocenters. The SMILES string of the molecule is COc1cccc(C2=CC=CC(C)C2OC)c1OC. The average Bonchev–Trinajstić information content (AvgIpc) is 2.45. The molecule has 2 atom stereocenters. The van der Waals surface area contributed by atoms with Crippen molar-refractivity contribution in [2.24, 2.45) is 5.92 Å². The van der Waals surface area contributed by atoms with E-state index in [2.05, 4.69) is 25.2 Å². The number of ether oxygens (including phenoxy) is 3. The molecular weight excluding hydrogens is 240 g/mol. The van der Waals surface area contributed by atoms with Crippen molar-refractivity contribution in [2.45, 2.75) is 13.0 Å². The van der Waals surface area contributed by atoms with Gasteiger partial charge in [0.2, 0.25) is 0 Å². The number of allylic oxidation sites excluding steroid dienone is 2. The maximum absolute atomic E-state index is 5.63. The zero-order valence-corrected chi connectivity index (χ0v) is 11.8. The summed E-state index contributed by atoms with van der Waals surface area (Å²) in [5.74, 6) is 1.82. The number of benzene rings is 1. The minimum Gasteiger partial charge on any atom is -0.493 e. The molecule has 0 radical (unpaired) electrons. The van der Waals surface area contributed by atoms with Crippen LogP contribution in [0.4, 0.5) is 0 Å². The van der Waals surface area contributed by atoms with Crippen molar-refractivity contribution in [3.8, 4) is 11.5 Å². The molecule has 1 aromatic carbocycles. The van der Waals surface area contributed by atoms with Gasteiger partial charge in [0.15, 0.2) is 11.5 Å². The Labute approximate surface area is 114 Å². The molecule has 0 spiro atoms. The molecular formula is C16H20O3. The Morgan fingerprint density at radius 3 is 2.47 bits per heavy atom. The Hall–Kier alpha value is -1.74. The van der Waals surface area contributed by atoms with E-state index in [4.69, 9.17) is 14.2 Å². The van der Waals surface area contributed by atoms with E-state index in [0.29, 0.717) is 5.92 Å². The van der Waals surface area contributed by atoms with Crippen LogP contribution in [-0.4, -0.2) is 27.4 Å². The Morgan fingerprint density at radius 2 is 1.84 bits per heavy atom. The van der Waals surface area contributed by atoms with Gasteiger partial charge < -0.3 is 14.2 Å². The molecule has 2 rings (SSSR count). The highest BCUT2D eigenvalue weighted by atomic mass is 16.5. The smallest absolute Gasteiger partial charge is 0.168 e. The van der Waals surface area contributed by atoms with E-state index in [0.717, 1.165) is 22.6 Å². The molecule has 0 amide bonds. The maximum atomic E-state index is 5.63. The topological polar surface area (TPSA) is 27.7 Å². The van der Waals surface area contributed by atoms with E-state index in [1.165, 1.54) is 0 Å². The first-order valence-corrected chi connectivity index (χ1v) is 6.35. The monoisotopic (exact) mass is 260 g/mol. The lowest BCUT2D eigenvalue weighted by atomic mass is 9.87. The van der Waals surface area contributed by atoms with E-state index < -0.39 is 0 Å². The van der Waals surface area contributed by atoms with E-state index >= 15 is 0 Å². The lowest BCUT2D eigenvalue weighted by Gasteiger charge is -2.27. The van der Waals surface area contributed by atoms with Crippen LogP contribution in [-0.2, 0) is 4.74 Å². The summed E-state index contributed by atoms with van der Waals surface area (Å²) in [6, 6.07) is 5.89. The zero-order valence-electron chi connectivity index (χ0n) is 11.8. The fourth-order valence-electron chi connectivity index (χ4n) is 2.51. The maximum Gasteiger partial charge on any atom is 0.168 e. The predicted molar refractivity (Wildman–Crippen MR) is 76.6 cm³/mol. The highest BCUT2D eigenvalue weighted by Gasteiger charge is 2.25. The highest BCUT2D eigenvalue weighted by molar-refractivity contribution is 5.77. The van der Waals surface area contributed by atoms with Gasteiger partial charge in [-0.2, -0.15) is 0 Å². The molecule has 0 fully saturated rings. The summed E-state index contributed by atoms with van der Waals surface area (Å²) < 4.78 is 16.5. The summed E-state index contributed by atoms with van der Waals surface area (Å²) >= 11 is 0. The van der Waals surface area contributed by atoms with Gasteiger partial charge in [-0.05, 0) is 11.6 Å². The quantitative estimate of drug-likeness (QED) is 0.831. The molecule has 19 heavy (non-hydrogen) atoms. The van der Waals surface area contributed by atoms with Gasteiger partial charge in [0, 0.05) is 18.6 Å². The number of methoxy groups -OCH3 is 3. The van der Waals surface area contributed by atoms with E-state index in [-0.39, 0.29) is 6.10 Å². The van der Waals surface area contributed by atoms with Gasteiger partial charge in [-0.25, -0.2) is 0 Å². The van der Waals surface area contributed by atoms with Gasteiger partial charge in [0.1, 0.15) is 0 Å². The second-order valence-electron chi connectivity index (χ2n) is 4.56. The third kappa shape index (κ3) is 2.51. The van der Waals surface area contributed by atoms with Crippen LogP contribution < -0.4 is 9.47 Å². The van der Waals surface area contributed by atoms with Crippen LogP contribution in [0.25, 0.3) is 5.57 Å². The Balaban J connectivity index is 2.51. The molecule has 0 bridgehead atoms.